The van der Waals surface area contributed by atoms with Crippen molar-refractivity contribution < 1.29 is 4.74 Å². The highest BCUT2D eigenvalue weighted by Crippen LogP contribution is 2.39. The first-order valence-electron chi connectivity index (χ1n) is 9.40. The molecule has 0 spiro atoms. The Bertz CT molecular complexity index is 1010. The number of ether oxygens (including phenoxy) is 1. The lowest BCUT2D eigenvalue weighted by atomic mass is 10.2. The molecule has 2 aromatic heterocycles. The summed E-state index contributed by atoms with van der Waals surface area (Å²) in [4.78, 5) is 11.5. The molecular formula is C19H23N7O. The number of aryl methyl sites for hydroxylation is 1. The van der Waals surface area contributed by atoms with Crippen LogP contribution in [0, 0.1) is 0 Å². The van der Waals surface area contributed by atoms with Gasteiger partial charge in [0.2, 0.25) is 0 Å². The second kappa shape index (κ2) is 6.31. The van der Waals surface area contributed by atoms with Gasteiger partial charge in [0.15, 0.2) is 5.82 Å². The maximum atomic E-state index is 6.30. The molecule has 0 radical (unpaired) electrons. The van der Waals surface area contributed by atoms with Crippen molar-refractivity contribution in [3.8, 4) is 17.1 Å². The minimum Gasteiger partial charge on any atom is -0.491 e. The molecule has 1 aromatic carbocycles. The maximum absolute atomic E-state index is 6.30. The Balaban J connectivity index is 1.73. The van der Waals surface area contributed by atoms with Gasteiger partial charge >= 0.3 is 0 Å². The van der Waals surface area contributed by atoms with Crippen molar-refractivity contribution >= 4 is 28.2 Å². The fourth-order valence-corrected chi connectivity index (χ4v) is 4.10. The molecule has 8 nitrogen and oxygen atoms in total. The molecular weight excluding hydrogens is 342 g/mol. The molecule has 4 heterocycles. The van der Waals surface area contributed by atoms with Gasteiger partial charge in [-0.2, -0.15) is 0 Å². The Morgan fingerprint density at radius 1 is 1.11 bits per heavy atom. The molecule has 0 saturated carbocycles. The van der Waals surface area contributed by atoms with E-state index in [1.54, 1.807) is 6.20 Å². The normalized spacial score (nSPS) is 16.4. The Kier molecular flexibility index (Phi) is 3.78. The number of imidazole rings is 1. The SMILES string of the molecule is NNc1nccc(-c2nc3cc(N4CCCC4)cc4c3n2CCCO4)c1N. The highest BCUT2D eigenvalue weighted by atomic mass is 16.5. The first kappa shape index (κ1) is 16.2. The molecule has 140 valence electrons. The molecule has 5 rings (SSSR count). The summed E-state index contributed by atoms with van der Waals surface area (Å²) in [5.41, 5.74) is 13.3. The molecule has 0 bridgehead atoms. The molecule has 0 atom stereocenters. The maximum Gasteiger partial charge on any atom is 0.164 e. The number of hydrazine groups is 1. The average Bonchev–Trinajstić information content (AvgIpc) is 3.28. The van der Waals surface area contributed by atoms with E-state index >= 15 is 0 Å². The zero-order valence-corrected chi connectivity index (χ0v) is 15.1. The van der Waals surface area contributed by atoms with Gasteiger partial charge in [-0.3, -0.25) is 0 Å². The third-order valence-electron chi connectivity index (χ3n) is 5.41. The molecule has 2 aliphatic heterocycles. The highest BCUT2D eigenvalue weighted by molar-refractivity contribution is 5.92. The number of nitrogens with zero attached hydrogens (tertiary/aromatic N) is 4. The molecule has 0 amide bonds. The summed E-state index contributed by atoms with van der Waals surface area (Å²) in [7, 11) is 0. The lowest BCUT2D eigenvalue weighted by molar-refractivity contribution is 0.316. The third-order valence-corrected chi connectivity index (χ3v) is 5.41. The van der Waals surface area contributed by atoms with E-state index in [4.69, 9.17) is 21.3 Å². The predicted octanol–water partition coefficient (Wildman–Crippen LogP) is 2.35. The number of nitrogens with one attached hydrogen (secondary N) is 1. The van der Waals surface area contributed by atoms with Crippen LogP contribution in [-0.2, 0) is 6.54 Å². The van der Waals surface area contributed by atoms with E-state index in [9.17, 15) is 0 Å². The van der Waals surface area contributed by atoms with Gasteiger partial charge in [-0.25, -0.2) is 15.8 Å². The van der Waals surface area contributed by atoms with Crippen LogP contribution in [0.1, 0.15) is 19.3 Å². The van der Waals surface area contributed by atoms with Crippen LogP contribution in [0.5, 0.6) is 5.75 Å². The molecule has 8 heteroatoms. The van der Waals surface area contributed by atoms with Crippen molar-refractivity contribution in [2.24, 2.45) is 5.84 Å². The molecule has 0 aliphatic carbocycles. The Morgan fingerprint density at radius 2 is 1.96 bits per heavy atom. The van der Waals surface area contributed by atoms with Crippen LogP contribution in [0.2, 0.25) is 0 Å². The van der Waals surface area contributed by atoms with Crippen LogP contribution < -0.4 is 26.6 Å². The van der Waals surface area contributed by atoms with Crippen LogP contribution in [0.4, 0.5) is 17.2 Å². The lowest BCUT2D eigenvalue weighted by Gasteiger charge is -2.18. The highest BCUT2D eigenvalue weighted by Gasteiger charge is 2.23. The van der Waals surface area contributed by atoms with Crippen molar-refractivity contribution in [1.82, 2.24) is 14.5 Å². The lowest BCUT2D eigenvalue weighted by Crippen LogP contribution is -2.17. The predicted molar refractivity (Wildman–Crippen MR) is 107 cm³/mol. The van der Waals surface area contributed by atoms with E-state index in [0.717, 1.165) is 54.2 Å². The average molecular weight is 365 g/mol. The molecule has 1 saturated heterocycles. The van der Waals surface area contributed by atoms with E-state index in [-0.39, 0.29) is 0 Å². The Hall–Kier alpha value is -3.00. The van der Waals surface area contributed by atoms with Gasteiger partial charge in [0.25, 0.3) is 0 Å². The van der Waals surface area contributed by atoms with E-state index in [1.807, 2.05) is 6.07 Å². The smallest absolute Gasteiger partial charge is 0.164 e. The van der Waals surface area contributed by atoms with E-state index < -0.39 is 0 Å². The van der Waals surface area contributed by atoms with Crippen LogP contribution >= 0.6 is 0 Å². The first-order valence-corrected chi connectivity index (χ1v) is 9.40. The van der Waals surface area contributed by atoms with Gasteiger partial charge in [-0.1, -0.05) is 0 Å². The zero-order chi connectivity index (χ0) is 18.4. The number of nitrogens with two attached hydrogens (primary N) is 2. The van der Waals surface area contributed by atoms with Gasteiger partial charge < -0.3 is 25.4 Å². The second-order valence-electron chi connectivity index (χ2n) is 7.06. The Labute approximate surface area is 157 Å². The number of aromatic nitrogens is 3. The molecule has 2 aliphatic rings. The summed E-state index contributed by atoms with van der Waals surface area (Å²) in [5.74, 6) is 7.73. The minimum atomic E-state index is 0.454. The van der Waals surface area contributed by atoms with Crippen LogP contribution in [0.15, 0.2) is 24.4 Å². The number of anilines is 3. The topological polar surface area (TPSA) is 107 Å². The summed E-state index contributed by atoms with van der Waals surface area (Å²) < 4.78 is 8.29. The van der Waals surface area contributed by atoms with Crippen LogP contribution in [-0.4, -0.2) is 34.2 Å². The fraction of sp³-hybridized carbons (Fsp3) is 0.368. The quantitative estimate of drug-likeness (QED) is 0.483. The van der Waals surface area contributed by atoms with E-state index in [2.05, 4.69) is 32.0 Å². The summed E-state index contributed by atoms with van der Waals surface area (Å²) in [6, 6.07) is 6.20. The number of hydrogen-bond donors (Lipinski definition) is 3. The first-order chi connectivity index (χ1) is 13.3. The summed E-state index contributed by atoms with van der Waals surface area (Å²) in [5, 5.41) is 0. The van der Waals surface area contributed by atoms with Crippen LogP contribution in [0.25, 0.3) is 22.4 Å². The molecule has 1 fully saturated rings. The van der Waals surface area contributed by atoms with Crippen molar-refractivity contribution in [2.45, 2.75) is 25.8 Å². The van der Waals surface area contributed by atoms with Crippen molar-refractivity contribution in [3.05, 3.63) is 24.4 Å². The Morgan fingerprint density at radius 3 is 2.78 bits per heavy atom. The van der Waals surface area contributed by atoms with Gasteiger partial charge in [-0.05, 0) is 31.4 Å². The molecule has 5 N–H and O–H groups in total. The fourth-order valence-electron chi connectivity index (χ4n) is 4.10. The van der Waals surface area contributed by atoms with Crippen molar-refractivity contribution in [1.29, 1.82) is 0 Å². The van der Waals surface area contributed by atoms with E-state index in [0.29, 0.717) is 18.1 Å². The second-order valence-corrected chi connectivity index (χ2v) is 7.06. The monoisotopic (exact) mass is 365 g/mol. The zero-order valence-electron chi connectivity index (χ0n) is 15.1. The van der Waals surface area contributed by atoms with Crippen molar-refractivity contribution in [2.75, 3.05) is 35.8 Å². The van der Waals surface area contributed by atoms with E-state index in [1.165, 1.54) is 18.5 Å². The third kappa shape index (κ3) is 2.56. The summed E-state index contributed by atoms with van der Waals surface area (Å²) >= 11 is 0. The molecule has 0 unspecified atom stereocenters. The summed E-state index contributed by atoms with van der Waals surface area (Å²) in [6.45, 7) is 3.69. The van der Waals surface area contributed by atoms with Gasteiger partial charge in [-0.15, -0.1) is 0 Å². The van der Waals surface area contributed by atoms with Gasteiger partial charge in [0, 0.05) is 43.1 Å². The number of hydrogen-bond acceptors (Lipinski definition) is 7. The molecule has 27 heavy (non-hydrogen) atoms. The number of benzene rings is 1. The molecule has 3 aromatic rings. The largest absolute Gasteiger partial charge is 0.491 e. The van der Waals surface area contributed by atoms with Crippen molar-refractivity contribution in [3.63, 3.8) is 0 Å². The summed E-state index contributed by atoms with van der Waals surface area (Å²) in [6.07, 6.45) is 5.07. The number of nitrogen functional groups attached to an aromatic ring is 2. The number of pyridine rings is 1. The number of rotatable bonds is 3. The standard InChI is InChI=1S/C19H23N7O/c20-16-13(4-5-22-18(16)24-21)19-23-14-10-12(25-6-1-2-7-25)11-15-17(14)26(19)8-3-9-27-15/h4-5,10-11H,1-3,6-9,20-21H2,(H,22,24). The van der Waals surface area contributed by atoms with Gasteiger partial charge in [0.1, 0.15) is 17.1 Å². The van der Waals surface area contributed by atoms with Gasteiger partial charge in [0.05, 0.1) is 17.8 Å². The minimum absolute atomic E-state index is 0.454. The van der Waals surface area contributed by atoms with Crippen LogP contribution in [0.3, 0.4) is 0 Å².